The van der Waals surface area contributed by atoms with Crippen molar-refractivity contribution in [2.24, 2.45) is 11.7 Å². The van der Waals surface area contributed by atoms with Gasteiger partial charge in [0.1, 0.15) is 12.2 Å². The molecule has 7 heteroatoms. The first-order valence-electron chi connectivity index (χ1n) is 8.53. The number of aryl methyl sites for hydroxylation is 1. The van der Waals surface area contributed by atoms with E-state index in [1.165, 1.54) is 4.68 Å². The molecule has 0 saturated carbocycles. The number of carbonyl (C=O) groups excluding carboxylic acids is 1. The molecule has 134 valence electrons. The SMILES string of the molecule is Cc1cc(CCN2CC[C@H](F)C2)nn([C@@H](CC(C)C)C(N)=O)c1=O. The molecule has 24 heavy (non-hydrogen) atoms. The van der Waals surface area contributed by atoms with E-state index < -0.39 is 18.1 Å². The fourth-order valence-corrected chi connectivity index (χ4v) is 3.08. The average molecular weight is 338 g/mol. The number of rotatable bonds is 7. The van der Waals surface area contributed by atoms with Crippen LogP contribution in [0, 0.1) is 12.8 Å². The Bertz CT molecular complexity index is 644. The second-order valence-electron chi connectivity index (χ2n) is 7.05. The molecule has 1 fully saturated rings. The lowest BCUT2D eigenvalue weighted by Crippen LogP contribution is -2.38. The van der Waals surface area contributed by atoms with Crippen LogP contribution in [0.25, 0.3) is 0 Å². The Kier molecular flexibility index (Phi) is 6.10. The quantitative estimate of drug-likeness (QED) is 0.810. The van der Waals surface area contributed by atoms with Gasteiger partial charge in [-0.2, -0.15) is 5.10 Å². The van der Waals surface area contributed by atoms with Gasteiger partial charge in [-0.15, -0.1) is 0 Å². The predicted octanol–water partition coefficient (Wildman–Crippen LogP) is 1.21. The van der Waals surface area contributed by atoms with Crippen molar-refractivity contribution < 1.29 is 9.18 Å². The van der Waals surface area contributed by atoms with Crippen molar-refractivity contribution in [3.05, 3.63) is 27.7 Å². The summed E-state index contributed by atoms with van der Waals surface area (Å²) in [6, 6.07) is 1.01. The van der Waals surface area contributed by atoms with Crippen molar-refractivity contribution in [1.29, 1.82) is 0 Å². The van der Waals surface area contributed by atoms with Crippen molar-refractivity contribution in [1.82, 2.24) is 14.7 Å². The summed E-state index contributed by atoms with van der Waals surface area (Å²) >= 11 is 0. The molecule has 1 aliphatic heterocycles. The number of aromatic nitrogens is 2. The number of hydrogen-bond acceptors (Lipinski definition) is 4. The minimum atomic E-state index is -0.751. The summed E-state index contributed by atoms with van der Waals surface area (Å²) in [5.41, 5.74) is 6.47. The highest BCUT2D eigenvalue weighted by Crippen LogP contribution is 2.16. The van der Waals surface area contributed by atoms with Crippen LogP contribution in [-0.4, -0.2) is 46.4 Å². The van der Waals surface area contributed by atoms with Crippen LogP contribution in [-0.2, 0) is 11.2 Å². The third-order valence-electron chi connectivity index (χ3n) is 4.38. The molecule has 0 radical (unpaired) electrons. The Morgan fingerprint density at radius 1 is 1.50 bits per heavy atom. The van der Waals surface area contributed by atoms with E-state index in [2.05, 4.69) is 10.00 Å². The molecule has 6 nitrogen and oxygen atoms in total. The highest BCUT2D eigenvalue weighted by Gasteiger charge is 2.24. The molecule has 1 aromatic heterocycles. The van der Waals surface area contributed by atoms with Crippen molar-refractivity contribution in [2.45, 2.75) is 52.2 Å². The third kappa shape index (κ3) is 4.63. The molecule has 2 rings (SSSR count). The van der Waals surface area contributed by atoms with E-state index in [1.54, 1.807) is 13.0 Å². The molecule has 2 N–H and O–H groups in total. The first kappa shape index (κ1) is 18.6. The van der Waals surface area contributed by atoms with Crippen LogP contribution in [0.1, 0.15) is 44.0 Å². The smallest absolute Gasteiger partial charge is 0.270 e. The lowest BCUT2D eigenvalue weighted by Gasteiger charge is -2.19. The van der Waals surface area contributed by atoms with E-state index in [0.717, 1.165) is 12.2 Å². The number of likely N-dealkylation sites (tertiary alicyclic amines) is 1. The number of alkyl halides is 1. The zero-order valence-electron chi connectivity index (χ0n) is 14.7. The van der Waals surface area contributed by atoms with Gasteiger partial charge in [-0.1, -0.05) is 13.8 Å². The second kappa shape index (κ2) is 7.88. The standard InChI is InChI=1S/C17H27FN4O2/c1-11(2)8-15(16(19)23)22-17(24)12(3)9-14(20-22)5-7-21-6-4-13(18)10-21/h9,11,13,15H,4-8,10H2,1-3H3,(H2,19,23)/t13-,15-/m0/s1. The fraction of sp³-hybridized carbons (Fsp3) is 0.706. The maximum Gasteiger partial charge on any atom is 0.270 e. The maximum absolute atomic E-state index is 13.2. The van der Waals surface area contributed by atoms with Crippen LogP contribution >= 0.6 is 0 Å². The topological polar surface area (TPSA) is 81.2 Å². The minimum absolute atomic E-state index is 0.214. The van der Waals surface area contributed by atoms with Gasteiger partial charge in [0.15, 0.2) is 0 Å². The molecule has 1 aromatic rings. The van der Waals surface area contributed by atoms with E-state index >= 15 is 0 Å². The van der Waals surface area contributed by atoms with E-state index in [9.17, 15) is 14.0 Å². The summed E-state index contributed by atoms with van der Waals surface area (Å²) in [6.07, 6.45) is 0.908. The normalized spacial score (nSPS) is 19.8. The Labute approximate surface area is 141 Å². The van der Waals surface area contributed by atoms with Gasteiger partial charge in [-0.3, -0.25) is 14.5 Å². The Morgan fingerprint density at radius 2 is 2.21 bits per heavy atom. The highest BCUT2D eigenvalue weighted by molar-refractivity contribution is 5.78. The van der Waals surface area contributed by atoms with Gasteiger partial charge in [0.05, 0.1) is 5.69 Å². The maximum atomic E-state index is 13.2. The van der Waals surface area contributed by atoms with Crippen LogP contribution in [0.5, 0.6) is 0 Å². The van der Waals surface area contributed by atoms with Gasteiger partial charge in [0, 0.05) is 31.6 Å². The number of carbonyl (C=O) groups is 1. The molecule has 0 aliphatic carbocycles. The molecule has 0 aromatic carbocycles. The predicted molar refractivity (Wildman–Crippen MR) is 90.6 cm³/mol. The van der Waals surface area contributed by atoms with E-state index in [-0.39, 0.29) is 11.5 Å². The van der Waals surface area contributed by atoms with Gasteiger partial charge in [0.2, 0.25) is 5.91 Å². The zero-order valence-corrected chi connectivity index (χ0v) is 14.7. The summed E-state index contributed by atoms with van der Waals surface area (Å²) < 4.78 is 14.5. The van der Waals surface area contributed by atoms with Gasteiger partial charge in [-0.05, 0) is 31.7 Å². The third-order valence-corrected chi connectivity index (χ3v) is 4.38. The van der Waals surface area contributed by atoms with Crippen LogP contribution in [0.15, 0.2) is 10.9 Å². The molecule has 0 spiro atoms. The summed E-state index contributed by atoms with van der Waals surface area (Å²) in [7, 11) is 0. The number of amides is 1. The summed E-state index contributed by atoms with van der Waals surface area (Å²) in [6.45, 7) is 7.55. The largest absolute Gasteiger partial charge is 0.368 e. The van der Waals surface area contributed by atoms with Crippen molar-refractivity contribution >= 4 is 5.91 Å². The van der Waals surface area contributed by atoms with Gasteiger partial charge in [-0.25, -0.2) is 9.07 Å². The van der Waals surface area contributed by atoms with Crippen molar-refractivity contribution in [2.75, 3.05) is 19.6 Å². The minimum Gasteiger partial charge on any atom is -0.368 e. The van der Waals surface area contributed by atoms with E-state index in [1.807, 2.05) is 13.8 Å². The summed E-state index contributed by atoms with van der Waals surface area (Å²) in [5, 5.41) is 4.37. The Hall–Kier alpha value is -1.76. The summed E-state index contributed by atoms with van der Waals surface area (Å²) in [5.74, 6) is -0.332. The fourth-order valence-electron chi connectivity index (χ4n) is 3.08. The van der Waals surface area contributed by atoms with Crippen LogP contribution in [0.2, 0.25) is 0 Å². The molecule has 1 amide bonds. The second-order valence-corrected chi connectivity index (χ2v) is 7.05. The number of nitrogens with two attached hydrogens (primary N) is 1. The van der Waals surface area contributed by atoms with Crippen LogP contribution in [0.4, 0.5) is 4.39 Å². The molecule has 2 heterocycles. The molecular weight excluding hydrogens is 311 g/mol. The molecule has 2 atom stereocenters. The van der Waals surface area contributed by atoms with Gasteiger partial charge >= 0.3 is 0 Å². The number of nitrogens with zero attached hydrogens (tertiary/aromatic N) is 3. The highest BCUT2D eigenvalue weighted by atomic mass is 19.1. The van der Waals surface area contributed by atoms with E-state index in [0.29, 0.717) is 37.9 Å². The van der Waals surface area contributed by atoms with Gasteiger partial charge < -0.3 is 5.73 Å². The lowest BCUT2D eigenvalue weighted by molar-refractivity contribution is -0.122. The van der Waals surface area contributed by atoms with Crippen molar-refractivity contribution in [3.8, 4) is 0 Å². The Morgan fingerprint density at radius 3 is 2.75 bits per heavy atom. The molecule has 1 aliphatic rings. The monoisotopic (exact) mass is 338 g/mol. The van der Waals surface area contributed by atoms with Gasteiger partial charge in [0.25, 0.3) is 5.56 Å². The number of hydrogen-bond donors (Lipinski definition) is 1. The molecule has 0 bridgehead atoms. The Balaban J connectivity index is 2.20. The zero-order chi connectivity index (χ0) is 17.9. The molecule has 1 saturated heterocycles. The molecule has 0 unspecified atom stereocenters. The average Bonchev–Trinajstić information content (AvgIpc) is 2.91. The van der Waals surface area contributed by atoms with Crippen LogP contribution < -0.4 is 11.3 Å². The first-order valence-corrected chi connectivity index (χ1v) is 8.53. The van der Waals surface area contributed by atoms with E-state index in [4.69, 9.17) is 5.73 Å². The first-order chi connectivity index (χ1) is 11.3. The van der Waals surface area contributed by atoms with Crippen LogP contribution in [0.3, 0.4) is 0 Å². The molecular formula is C17H27FN4O2. The lowest BCUT2D eigenvalue weighted by atomic mass is 10.0. The number of primary amides is 1. The number of halogens is 1. The van der Waals surface area contributed by atoms with Crippen molar-refractivity contribution in [3.63, 3.8) is 0 Å². The summed E-state index contributed by atoms with van der Waals surface area (Å²) in [4.78, 5) is 26.2.